The van der Waals surface area contributed by atoms with Crippen LogP contribution in [0.3, 0.4) is 0 Å². The number of nitriles is 1. The molecule has 180 valence electrons. The monoisotopic (exact) mass is 513 g/mol. The predicted molar refractivity (Wildman–Crippen MR) is 141 cm³/mol. The normalized spacial score (nSPS) is 15.7. The summed E-state index contributed by atoms with van der Waals surface area (Å²) in [6, 6.07) is 6.49. The highest BCUT2D eigenvalue weighted by Crippen LogP contribution is 2.45. The topological polar surface area (TPSA) is 83.6 Å². The minimum atomic E-state index is -0.115. The Morgan fingerprint density at radius 3 is 2.88 bits per heavy atom. The lowest BCUT2D eigenvalue weighted by molar-refractivity contribution is -0.113. The lowest BCUT2D eigenvalue weighted by Gasteiger charge is -2.36. The second kappa shape index (κ2) is 10.6. The number of nitrogens with one attached hydrogen (secondary N) is 1. The van der Waals surface area contributed by atoms with Gasteiger partial charge >= 0.3 is 0 Å². The Kier molecular flexibility index (Phi) is 7.80. The van der Waals surface area contributed by atoms with Gasteiger partial charge in [0.25, 0.3) is 0 Å². The van der Waals surface area contributed by atoms with Crippen LogP contribution in [-0.4, -0.2) is 26.4 Å². The molecule has 6 nitrogen and oxygen atoms in total. The molecule has 34 heavy (non-hydrogen) atoms. The zero-order chi connectivity index (χ0) is 24.3. The van der Waals surface area contributed by atoms with Gasteiger partial charge in [0.1, 0.15) is 16.9 Å². The molecule has 4 rings (SSSR count). The molecular formula is C25H31N5OS3. The van der Waals surface area contributed by atoms with Gasteiger partial charge in [0.15, 0.2) is 5.16 Å². The van der Waals surface area contributed by atoms with Gasteiger partial charge in [0.2, 0.25) is 5.91 Å². The Balaban J connectivity index is 1.41. The van der Waals surface area contributed by atoms with Crippen LogP contribution in [0.1, 0.15) is 67.2 Å². The molecule has 1 N–H and O–H groups in total. The van der Waals surface area contributed by atoms with Gasteiger partial charge in [0.05, 0.1) is 11.3 Å². The first-order chi connectivity index (χ1) is 16.4. The van der Waals surface area contributed by atoms with Crippen molar-refractivity contribution in [2.75, 3.05) is 11.1 Å². The fourth-order valence-electron chi connectivity index (χ4n) is 4.48. The Morgan fingerprint density at radius 2 is 2.21 bits per heavy atom. The number of thiophene rings is 2. The molecule has 1 aliphatic carbocycles. The molecule has 0 saturated carbocycles. The number of aromatic nitrogens is 3. The molecule has 3 heterocycles. The van der Waals surface area contributed by atoms with E-state index in [1.807, 2.05) is 6.07 Å². The lowest BCUT2D eigenvalue weighted by Crippen LogP contribution is -2.28. The summed E-state index contributed by atoms with van der Waals surface area (Å²) in [4.78, 5) is 15.3. The van der Waals surface area contributed by atoms with Crippen LogP contribution in [0.2, 0.25) is 0 Å². The fourth-order valence-corrected chi connectivity index (χ4v) is 7.30. The average Bonchev–Trinajstić information content (AvgIpc) is 3.55. The van der Waals surface area contributed by atoms with Crippen LogP contribution in [0.25, 0.3) is 0 Å². The molecule has 1 atom stereocenters. The van der Waals surface area contributed by atoms with E-state index in [1.54, 1.807) is 22.7 Å². The molecule has 3 aromatic rings. The Hall–Kier alpha value is -2.15. The molecule has 9 heteroatoms. The average molecular weight is 514 g/mol. The van der Waals surface area contributed by atoms with Gasteiger partial charge in [0, 0.05) is 22.7 Å². The van der Waals surface area contributed by atoms with Crippen LogP contribution in [0.5, 0.6) is 0 Å². The SMILES string of the molecule is CCn1c(Cc2cccs2)nnc1SCC(=O)Nc1sc2c(c1C#N)CCC(C(C)(C)CC)C2. The molecule has 1 aliphatic rings. The first-order valence-corrected chi connectivity index (χ1v) is 14.5. The largest absolute Gasteiger partial charge is 0.316 e. The smallest absolute Gasteiger partial charge is 0.235 e. The summed E-state index contributed by atoms with van der Waals surface area (Å²) < 4.78 is 2.07. The van der Waals surface area contributed by atoms with Gasteiger partial charge in [-0.3, -0.25) is 4.79 Å². The quantitative estimate of drug-likeness (QED) is 0.347. The van der Waals surface area contributed by atoms with Crippen molar-refractivity contribution >= 4 is 45.3 Å². The Bertz CT molecular complexity index is 1190. The van der Waals surface area contributed by atoms with E-state index in [2.05, 4.69) is 65.3 Å². The fraction of sp³-hybridized carbons (Fsp3) is 0.520. The second-order valence-electron chi connectivity index (χ2n) is 9.34. The van der Waals surface area contributed by atoms with Gasteiger partial charge in [-0.15, -0.1) is 32.9 Å². The highest BCUT2D eigenvalue weighted by atomic mass is 32.2. The maximum absolute atomic E-state index is 12.8. The van der Waals surface area contributed by atoms with E-state index >= 15 is 0 Å². The highest BCUT2D eigenvalue weighted by Gasteiger charge is 2.34. The summed E-state index contributed by atoms with van der Waals surface area (Å²) in [6.07, 6.45) is 4.89. The van der Waals surface area contributed by atoms with Crippen molar-refractivity contribution < 1.29 is 4.79 Å². The zero-order valence-corrected chi connectivity index (χ0v) is 22.6. The van der Waals surface area contributed by atoms with Gasteiger partial charge in [-0.2, -0.15) is 5.26 Å². The number of hydrogen-bond donors (Lipinski definition) is 1. The molecule has 0 radical (unpaired) electrons. The van der Waals surface area contributed by atoms with Crippen molar-refractivity contribution in [3.8, 4) is 6.07 Å². The molecule has 3 aromatic heterocycles. The van der Waals surface area contributed by atoms with E-state index in [9.17, 15) is 10.1 Å². The molecule has 0 aliphatic heterocycles. The van der Waals surface area contributed by atoms with E-state index in [1.165, 1.54) is 21.5 Å². The number of rotatable bonds is 9. The predicted octanol–water partition coefficient (Wildman–Crippen LogP) is 6.16. The molecule has 1 amide bonds. The van der Waals surface area contributed by atoms with Crippen molar-refractivity contribution in [1.82, 2.24) is 14.8 Å². The van der Waals surface area contributed by atoms with Crippen molar-refractivity contribution in [1.29, 1.82) is 5.26 Å². The van der Waals surface area contributed by atoms with E-state index in [-0.39, 0.29) is 17.1 Å². The minimum Gasteiger partial charge on any atom is -0.316 e. The van der Waals surface area contributed by atoms with Gasteiger partial charge in [-0.25, -0.2) is 0 Å². The summed E-state index contributed by atoms with van der Waals surface area (Å²) in [5.41, 5.74) is 2.08. The number of nitrogens with zero attached hydrogens (tertiary/aromatic N) is 4. The van der Waals surface area contributed by atoms with E-state index in [0.717, 1.165) is 55.2 Å². The van der Waals surface area contributed by atoms with Crippen LogP contribution >= 0.6 is 34.4 Å². The number of carbonyl (C=O) groups is 1. The zero-order valence-electron chi connectivity index (χ0n) is 20.2. The van der Waals surface area contributed by atoms with Crippen LogP contribution in [0, 0.1) is 22.7 Å². The van der Waals surface area contributed by atoms with Crippen LogP contribution in [0.15, 0.2) is 22.7 Å². The second-order valence-corrected chi connectivity index (χ2v) is 12.4. The van der Waals surface area contributed by atoms with Crippen LogP contribution in [0.4, 0.5) is 5.00 Å². The number of hydrogen-bond acceptors (Lipinski definition) is 7. The Labute approximate surface area is 213 Å². The molecular weight excluding hydrogens is 483 g/mol. The van der Waals surface area contributed by atoms with Gasteiger partial charge in [-0.05, 0) is 54.5 Å². The number of anilines is 1. The highest BCUT2D eigenvalue weighted by molar-refractivity contribution is 7.99. The minimum absolute atomic E-state index is 0.115. The third kappa shape index (κ3) is 5.24. The van der Waals surface area contributed by atoms with Gasteiger partial charge < -0.3 is 9.88 Å². The van der Waals surface area contributed by atoms with Crippen molar-refractivity contribution in [2.45, 2.75) is 71.5 Å². The summed E-state index contributed by atoms with van der Waals surface area (Å²) in [5.74, 6) is 1.64. The first kappa shape index (κ1) is 25.0. The standard InChI is InChI=1S/C25H31N5OS3/c1-5-25(3,4)16-9-10-18-19(14-26)23(34-20(18)12-16)27-22(31)15-33-24-29-28-21(30(24)6-2)13-17-8-7-11-32-17/h7-8,11,16H,5-6,9-10,12-13,15H2,1-4H3,(H,27,31). The van der Waals surface area contributed by atoms with Gasteiger partial charge in [-0.1, -0.05) is 45.0 Å². The number of fused-ring (bicyclic) bond motifs is 1. The van der Waals surface area contributed by atoms with E-state index < -0.39 is 0 Å². The van der Waals surface area contributed by atoms with Crippen LogP contribution in [-0.2, 0) is 30.6 Å². The number of carbonyl (C=O) groups excluding carboxylic acids is 1. The van der Waals surface area contributed by atoms with Crippen LogP contribution < -0.4 is 5.32 Å². The van der Waals surface area contributed by atoms with Crippen molar-refractivity contribution in [3.05, 3.63) is 44.2 Å². The summed E-state index contributed by atoms with van der Waals surface area (Å²) in [6.45, 7) is 9.74. The molecule has 0 bridgehead atoms. The third-order valence-corrected chi connectivity index (χ3v) is 10.0. The summed E-state index contributed by atoms with van der Waals surface area (Å²) >= 11 is 4.68. The molecule has 0 saturated heterocycles. The maximum atomic E-state index is 12.8. The lowest BCUT2D eigenvalue weighted by atomic mass is 9.69. The third-order valence-electron chi connectivity index (χ3n) is 7.00. The molecule has 0 spiro atoms. The molecule has 0 fully saturated rings. The van der Waals surface area contributed by atoms with Crippen molar-refractivity contribution in [3.63, 3.8) is 0 Å². The summed E-state index contributed by atoms with van der Waals surface area (Å²) in [7, 11) is 0. The van der Waals surface area contributed by atoms with E-state index in [0.29, 0.717) is 16.5 Å². The number of thioether (sulfide) groups is 1. The Morgan fingerprint density at radius 1 is 1.38 bits per heavy atom. The van der Waals surface area contributed by atoms with Crippen molar-refractivity contribution in [2.24, 2.45) is 11.3 Å². The summed E-state index contributed by atoms with van der Waals surface area (Å²) in [5, 5.41) is 25.0. The number of amides is 1. The first-order valence-electron chi connectivity index (χ1n) is 11.8. The maximum Gasteiger partial charge on any atom is 0.235 e. The van der Waals surface area contributed by atoms with E-state index in [4.69, 9.17) is 0 Å². The molecule has 1 unspecified atom stereocenters. The molecule has 0 aromatic carbocycles.